The van der Waals surface area contributed by atoms with Gasteiger partial charge in [0.05, 0.1) is 10.3 Å². The van der Waals surface area contributed by atoms with Gasteiger partial charge in [0.1, 0.15) is 5.69 Å². The zero-order valence-corrected chi connectivity index (χ0v) is 9.71. The first-order chi connectivity index (χ1) is 7.04. The zero-order valence-electron chi connectivity index (χ0n) is 7.37. The van der Waals surface area contributed by atoms with Crippen LogP contribution in [-0.4, -0.2) is 16.2 Å². The Kier molecular flexibility index (Phi) is 4.05. The first kappa shape index (κ1) is 11.9. The van der Waals surface area contributed by atoms with Crippen LogP contribution in [0.5, 0.6) is 0 Å². The van der Waals surface area contributed by atoms with Crippen molar-refractivity contribution in [1.29, 1.82) is 0 Å². The number of nitrogens with one attached hydrogen (secondary N) is 1. The highest BCUT2D eigenvalue weighted by atomic mass is 79.9. The van der Waals surface area contributed by atoms with Gasteiger partial charge < -0.3 is 5.32 Å². The minimum atomic E-state index is -0.601. The van der Waals surface area contributed by atoms with Gasteiger partial charge in [0.25, 0.3) is 5.69 Å². The van der Waals surface area contributed by atoms with Crippen molar-refractivity contribution in [2.24, 2.45) is 0 Å². The lowest BCUT2D eigenvalue weighted by Gasteiger charge is -2.03. The molecule has 7 heteroatoms. The third-order valence-electron chi connectivity index (χ3n) is 1.55. The van der Waals surface area contributed by atoms with Crippen LogP contribution in [0.3, 0.4) is 0 Å². The van der Waals surface area contributed by atoms with Crippen molar-refractivity contribution in [1.82, 2.24) is 0 Å². The highest BCUT2D eigenvalue weighted by molar-refractivity contribution is 9.09. The molecular formula is C8H6BrClN2O3. The molecule has 0 aliphatic carbocycles. The van der Waals surface area contributed by atoms with Gasteiger partial charge in [-0.05, 0) is 12.1 Å². The zero-order chi connectivity index (χ0) is 11.4. The van der Waals surface area contributed by atoms with Crippen molar-refractivity contribution < 1.29 is 9.72 Å². The van der Waals surface area contributed by atoms with E-state index < -0.39 is 4.92 Å². The Balaban J connectivity index is 3.06. The Morgan fingerprint density at radius 2 is 2.27 bits per heavy atom. The van der Waals surface area contributed by atoms with Gasteiger partial charge >= 0.3 is 0 Å². The number of nitro benzene ring substituents is 1. The molecule has 0 heterocycles. The molecule has 1 N–H and O–H groups in total. The molecule has 0 aliphatic heterocycles. The van der Waals surface area contributed by atoms with E-state index in [1.807, 2.05) is 0 Å². The Bertz CT molecular complexity index is 411. The predicted molar refractivity (Wildman–Crippen MR) is 60.5 cm³/mol. The number of rotatable bonds is 3. The summed E-state index contributed by atoms with van der Waals surface area (Å²) in [6.07, 6.45) is 0. The van der Waals surface area contributed by atoms with Gasteiger partial charge in [-0.15, -0.1) is 0 Å². The Morgan fingerprint density at radius 3 is 2.80 bits per heavy atom. The van der Waals surface area contributed by atoms with Crippen LogP contribution in [0.1, 0.15) is 0 Å². The van der Waals surface area contributed by atoms with Crippen LogP contribution >= 0.6 is 27.5 Å². The van der Waals surface area contributed by atoms with E-state index in [1.165, 1.54) is 18.2 Å². The van der Waals surface area contributed by atoms with Gasteiger partial charge in [0, 0.05) is 11.1 Å². The second-order valence-corrected chi connectivity index (χ2v) is 3.60. The molecule has 1 aromatic carbocycles. The summed E-state index contributed by atoms with van der Waals surface area (Å²) in [6, 6.07) is 4.05. The van der Waals surface area contributed by atoms with Crippen LogP contribution in [0.25, 0.3) is 0 Å². The monoisotopic (exact) mass is 292 g/mol. The third kappa shape index (κ3) is 3.17. The average molecular weight is 294 g/mol. The van der Waals surface area contributed by atoms with Gasteiger partial charge in [-0.3, -0.25) is 14.9 Å². The molecule has 0 saturated heterocycles. The molecule has 0 aromatic heterocycles. The average Bonchev–Trinajstić information content (AvgIpc) is 2.20. The van der Waals surface area contributed by atoms with E-state index in [-0.39, 0.29) is 27.6 Å². The van der Waals surface area contributed by atoms with E-state index in [2.05, 4.69) is 21.2 Å². The fraction of sp³-hybridized carbons (Fsp3) is 0.125. The first-order valence-corrected chi connectivity index (χ1v) is 5.34. The van der Waals surface area contributed by atoms with Gasteiger partial charge in [0.15, 0.2) is 0 Å². The summed E-state index contributed by atoms with van der Waals surface area (Å²) in [5.41, 5.74) is -0.0920. The van der Waals surface area contributed by atoms with Gasteiger partial charge in [0.2, 0.25) is 5.91 Å². The second-order valence-electron chi connectivity index (χ2n) is 2.60. The number of nitro groups is 1. The van der Waals surface area contributed by atoms with Crippen LogP contribution in [0.2, 0.25) is 5.02 Å². The molecule has 0 radical (unpaired) electrons. The summed E-state index contributed by atoms with van der Waals surface area (Å²) >= 11 is 8.55. The Labute approximate surface area is 98.7 Å². The number of halogens is 2. The Hall–Kier alpha value is -1.14. The largest absolute Gasteiger partial charge is 0.320 e. The minimum Gasteiger partial charge on any atom is -0.320 e. The highest BCUT2D eigenvalue weighted by Gasteiger charge is 2.15. The summed E-state index contributed by atoms with van der Waals surface area (Å²) in [5.74, 6) is -0.361. The summed E-state index contributed by atoms with van der Waals surface area (Å²) in [7, 11) is 0. The van der Waals surface area contributed by atoms with Crippen molar-refractivity contribution in [2.45, 2.75) is 0 Å². The standard InChI is InChI=1S/C8H6BrClN2O3/c9-4-8(13)11-6-2-1-5(10)3-7(6)12(14)15/h1-3H,4H2,(H,11,13). The number of benzene rings is 1. The highest BCUT2D eigenvalue weighted by Crippen LogP contribution is 2.27. The van der Waals surface area contributed by atoms with E-state index in [4.69, 9.17) is 11.6 Å². The Morgan fingerprint density at radius 1 is 1.60 bits per heavy atom. The van der Waals surface area contributed by atoms with Gasteiger partial charge in [-0.2, -0.15) is 0 Å². The number of nitrogens with zero attached hydrogens (tertiary/aromatic N) is 1. The number of carbonyl (C=O) groups is 1. The van der Waals surface area contributed by atoms with Crippen molar-refractivity contribution in [2.75, 3.05) is 10.6 Å². The second kappa shape index (κ2) is 5.09. The molecule has 15 heavy (non-hydrogen) atoms. The summed E-state index contributed by atoms with van der Waals surface area (Å²) in [4.78, 5) is 21.1. The molecule has 0 aliphatic rings. The number of carbonyl (C=O) groups excluding carboxylic acids is 1. The molecule has 0 spiro atoms. The van der Waals surface area contributed by atoms with Crippen LogP contribution in [0.15, 0.2) is 18.2 Å². The lowest BCUT2D eigenvalue weighted by atomic mass is 10.2. The number of hydrogen-bond acceptors (Lipinski definition) is 3. The SMILES string of the molecule is O=C(CBr)Nc1ccc(Cl)cc1[N+](=O)[O-]. The summed E-state index contributed by atoms with van der Waals surface area (Å²) in [5, 5.41) is 13.3. The summed E-state index contributed by atoms with van der Waals surface area (Å²) in [6.45, 7) is 0. The van der Waals surface area contributed by atoms with Crippen LogP contribution in [0, 0.1) is 10.1 Å². The molecule has 0 saturated carbocycles. The lowest BCUT2D eigenvalue weighted by molar-refractivity contribution is -0.383. The van der Waals surface area contributed by atoms with Gasteiger partial charge in [-0.25, -0.2) is 0 Å². The van der Waals surface area contributed by atoms with Crippen LogP contribution in [0.4, 0.5) is 11.4 Å². The fourth-order valence-electron chi connectivity index (χ4n) is 0.945. The van der Waals surface area contributed by atoms with Crippen LogP contribution < -0.4 is 5.32 Å². The molecule has 80 valence electrons. The smallest absolute Gasteiger partial charge is 0.294 e. The molecule has 5 nitrogen and oxygen atoms in total. The molecule has 0 atom stereocenters. The molecule has 0 fully saturated rings. The van der Waals surface area contributed by atoms with Crippen molar-refractivity contribution in [3.05, 3.63) is 33.3 Å². The van der Waals surface area contributed by atoms with Gasteiger partial charge in [-0.1, -0.05) is 27.5 Å². The van der Waals surface area contributed by atoms with E-state index in [0.717, 1.165) is 0 Å². The summed E-state index contributed by atoms with van der Waals surface area (Å²) < 4.78 is 0. The van der Waals surface area contributed by atoms with Crippen molar-refractivity contribution >= 4 is 44.8 Å². The quantitative estimate of drug-likeness (QED) is 0.529. The number of alkyl halides is 1. The molecule has 1 aromatic rings. The molecule has 0 bridgehead atoms. The lowest BCUT2D eigenvalue weighted by Crippen LogP contribution is -2.13. The van der Waals surface area contributed by atoms with Crippen molar-refractivity contribution in [3.63, 3.8) is 0 Å². The molecular weight excluding hydrogens is 287 g/mol. The van der Waals surface area contributed by atoms with E-state index >= 15 is 0 Å². The fourth-order valence-corrected chi connectivity index (χ4v) is 1.25. The number of hydrogen-bond donors (Lipinski definition) is 1. The first-order valence-electron chi connectivity index (χ1n) is 3.84. The normalized spacial score (nSPS) is 9.73. The molecule has 0 unspecified atom stereocenters. The third-order valence-corrected chi connectivity index (χ3v) is 2.30. The topological polar surface area (TPSA) is 72.2 Å². The molecule has 1 rings (SSSR count). The number of anilines is 1. The van der Waals surface area contributed by atoms with E-state index in [1.54, 1.807) is 0 Å². The number of amides is 1. The maximum Gasteiger partial charge on any atom is 0.294 e. The van der Waals surface area contributed by atoms with E-state index in [0.29, 0.717) is 0 Å². The molecule has 1 amide bonds. The van der Waals surface area contributed by atoms with Crippen LogP contribution in [-0.2, 0) is 4.79 Å². The van der Waals surface area contributed by atoms with E-state index in [9.17, 15) is 14.9 Å². The maximum atomic E-state index is 11.0. The maximum absolute atomic E-state index is 11.0. The van der Waals surface area contributed by atoms with Crippen molar-refractivity contribution in [3.8, 4) is 0 Å². The predicted octanol–water partition coefficient (Wildman–Crippen LogP) is 2.58. The minimum absolute atomic E-state index is 0.0762.